The number of rotatable bonds is 5. The molecule has 19 heavy (non-hydrogen) atoms. The Hall–Kier alpha value is -1.77. The van der Waals surface area contributed by atoms with E-state index in [4.69, 9.17) is 5.73 Å². The summed E-state index contributed by atoms with van der Waals surface area (Å²) in [6, 6.07) is 6.43. The highest BCUT2D eigenvalue weighted by atomic mass is 14.9. The number of hydrogen-bond acceptors (Lipinski definition) is 3. The Bertz CT molecular complexity index is 547. The van der Waals surface area contributed by atoms with E-state index in [2.05, 4.69) is 37.1 Å². The molecule has 0 spiro atoms. The molecular weight excluding hydrogens is 234 g/mol. The highest BCUT2D eigenvalue weighted by Gasteiger charge is 2.14. The second-order valence-corrected chi connectivity index (χ2v) is 5.13. The number of nitrogens with zero attached hydrogens (tertiary/aromatic N) is 1. The SMILES string of the molecule is CCC(CC)C(C)Nc1ccc(N)c2ccncc12. The van der Waals surface area contributed by atoms with Gasteiger partial charge in [0.15, 0.2) is 0 Å². The summed E-state index contributed by atoms with van der Waals surface area (Å²) in [6.45, 7) is 6.74. The molecule has 1 atom stereocenters. The Morgan fingerprint density at radius 3 is 2.58 bits per heavy atom. The van der Waals surface area contributed by atoms with Gasteiger partial charge < -0.3 is 11.1 Å². The number of pyridine rings is 1. The monoisotopic (exact) mass is 257 g/mol. The fourth-order valence-electron chi connectivity index (χ4n) is 2.70. The molecule has 0 aliphatic carbocycles. The van der Waals surface area contributed by atoms with E-state index in [0.29, 0.717) is 12.0 Å². The zero-order valence-electron chi connectivity index (χ0n) is 12.0. The number of nitrogen functional groups attached to an aromatic ring is 1. The second kappa shape index (κ2) is 5.91. The van der Waals surface area contributed by atoms with Gasteiger partial charge in [-0.2, -0.15) is 0 Å². The molecule has 102 valence electrons. The van der Waals surface area contributed by atoms with Crippen molar-refractivity contribution in [2.75, 3.05) is 11.1 Å². The van der Waals surface area contributed by atoms with E-state index in [9.17, 15) is 0 Å². The Balaban J connectivity index is 2.33. The van der Waals surface area contributed by atoms with Gasteiger partial charge in [-0.3, -0.25) is 4.98 Å². The van der Waals surface area contributed by atoms with Crippen molar-refractivity contribution in [2.45, 2.75) is 39.7 Å². The first kappa shape index (κ1) is 13.7. The maximum Gasteiger partial charge on any atom is 0.0439 e. The molecule has 2 rings (SSSR count). The van der Waals surface area contributed by atoms with Gasteiger partial charge in [-0.05, 0) is 31.0 Å². The van der Waals surface area contributed by atoms with Crippen molar-refractivity contribution in [1.82, 2.24) is 4.98 Å². The number of aromatic nitrogens is 1. The van der Waals surface area contributed by atoms with Crippen molar-refractivity contribution in [3.63, 3.8) is 0 Å². The largest absolute Gasteiger partial charge is 0.398 e. The van der Waals surface area contributed by atoms with Gasteiger partial charge >= 0.3 is 0 Å². The molecule has 1 heterocycles. The summed E-state index contributed by atoms with van der Waals surface area (Å²) < 4.78 is 0. The summed E-state index contributed by atoms with van der Waals surface area (Å²) in [7, 11) is 0. The molecule has 3 nitrogen and oxygen atoms in total. The molecule has 1 aromatic carbocycles. The average Bonchev–Trinajstić information content (AvgIpc) is 2.44. The highest BCUT2D eigenvalue weighted by Crippen LogP contribution is 2.29. The Kier molecular flexibility index (Phi) is 4.25. The van der Waals surface area contributed by atoms with Crippen molar-refractivity contribution in [1.29, 1.82) is 0 Å². The first-order chi connectivity index (χ1) is 9.17. The van der Waals surface area contributed by atoms with Gasteiger partial charge in [0.2, 0.25) is 0 Å². The summed E-state index contributed by atoms with van der Waals surface area (Å²) >= 11 is 0. The summed E-state index contributed by atoms with van der Waals surface area (Å²) in [5.74, 6) is 0.685. The number of anilines is 2. The lowest BCUT2D eigenvalue weighted by molar-refractivity contribution is 0.438. The summed E-state index contributed by atoms with van der Waals surface area (Å²) in [4.78, 5) is 4.21. The van der Waals surface area contributed by atoms with E-state index in [1.807, 2.05) is 18.3 Å². The zero-order valence-corrected chi connectivity index (χ0v) is 12.0. The van der Waals surface area contributed by atoms with Crippen LogP contribution in [0.5, 0.6) is 0 Å². The van der Waals surface area contributed by atoms with Crippen LogP contribution in [0.4, 0.5) is 11.4 Å². The van der Waals surface area contributed by atoms with Crippen LogP contribution in [0.2, 0.25) is 0 Å². The Morgan fingerprint density at radius 2 is 1.89 bits per heavy atom. The molecule has 0 saturated carbocycles. The zero-order chi connectivity index (χ0) is 13.8. The van der Waals surface area contributed by atoms with Crippen molar-refractivity contribution in [3.05, 3.63) is 30.6 Å². The predicted octanol–water partition coefficient (Wildman–Crippen LogP) is 4.05. The molecule has 3 N–H and O–H groups in total. The quantitative estimate of drug-likeness (QED) is 0.794. The molecule has 0 saturated heterocycles. The molecular formula is C16H23N3. The second-order valence-electron chi connectivity index (χ2n) is 5.13. The highest BCUT2D eigenvalue weighted by molar-refractivity contribution is 6.00. The van der Waals surface area contributed by atoms with Gasteiger partial charge in [-0.25, -0.2) is 0 Å². The molecule has 2 aromatic rings. The third-order valence-corrected chi connectivity index (χ3v) is 3.99. The standard InChI is InChI=1S/C16H23N3/c1-4-12(5-2)11(3)19-16-7-6-15(17)13-8-9-18-10-14(13)16/h6-12,19H,4-5,17H2,1-3H3. The summed E-state index contributed by atoms with van der Waals surface area (Å²) in [5.41, 5.74) is 7.94. The van der Waals surface area contributed by atoms with Crippen molar-refractivity contribution in [3.8, 4) is 0 Å². The number of fused-ring (bicyclic) bond motifs is 1. The van der Waals surface area contributed by atoms with Gasteiger partial charge in [0, 0.05) is 40.6 Å². The minimum absolute atomic E-state index is 0.446. The van der Waals surface area contributed by atoms with E-state index >= 15 is 0 Å². The first-order valence-corrected chi connectivity index (χ1v) is 7.06. The maximum absolute atomic E-state index is 6.01. The van der Waals surface area contributed by atoms with Crippen molar-refractivity contribution >= 4 is 22.1 Å². The number of hydrogen-bond donors (Lipinski definition) is 2. The molecule has 0 aliphatic heterocycles. The molecule has 0 bridgehead atoms. The Morgan fingerprint density at radius 1 is 1.16 bits per heavy atom. The van der Waals surface area contributed by atoms with Gasteiger partial charge in [0.1, 0.15) is 0 Å². The summed E-state index contributed by atoms with van der Waals surface area (Å²) in [6.07, 6.45) is 6.05. The van der Waals surface area contributed by atoms with E-state index in [0.717, 1.165) is 22.1 Å². The normalized spacial score (nSPS) is 12.8. The average molecular weight is 257 g/mol. The number of benzene rings is 1. The maximum atomic E-state index is 6.01. The van der Waals surface area contributed by atoms with Gasteiger partial charge in [-0.15, -0.1) is 0 Å². The third-order valence-electron chi connectivity index (χ3n) is 3.99. The van der Waals surface area contributed by atoms with Crippen LogP contribution in [0.1, 0.15) is 33.6 Å². The molecule has 1 aromatic heterocycles. The van der Waals surface area contributed by atoms with Gasteiger partial charge in [0.05, 0.1) is 0 Å². The lowest BCUT2D eigenvalue weighted by Gasteiger charge is -2.24. The van der Waals surface area contributed by atoms with Crippen LogP contribution < -0.4 is 11.1 Å². The lowest BCUT2D eigenvalue weighted by Crippen LogP contribution is -2.25. The minimum Gasteiger partial charge on any atom is -0.398 e. The fourth-order valence-corrected chi connectivity index (χ4v) is 2.70. The molecule has 0 aliphatic rings. The van der Waals surface area contributed by atoms with Crippen LogP contribution in [0, 0.1) is 5.92 Å². The molecule has 0 radical (unpaired) electrons. The fraction of sp³-hybridized carbons (Fsp3) is 0.438. The van der Waals surface area contributed by atoms with E-state index in [-0.39, 0.29) is 0 Å². The van der Waals surface area contributed by atoms with Crippen molar-refractivity contribution < 1.29 is 0 Å². The lowest BCUT2D eigenvalue weighted by atomic mass is 9.95. The molecule has 0 amide bonds. The number of nitrogens with two attached hydrogens (primary N) is 1. The first-order valence-electron chi connectivity index (χ1n) is 7.06. The smallest absolute Gasteiger partial charge is 0.0439 e. The van der Waals surface area contributed by atoms with Crippen LogP contribution in [-0.2, 0) is 0 Å². The van der Waals surface area contributed by atoms with Gasteiger partial charge in [-0.1, -0.05) is 26.7 Å². The van der Waals surface area contributed by atoms with Crippen LogP contribution in [-0.4, -0.2) is 11.0 Å². The van der Waals surface area contributed by atoms with E-state index in [1.165, 1.54) is 12.8 Å². The molecule has 0 fully saturated rings. The Labute approximate surface area is 115 Å². The molecule has 3 heteroatoms. The van der Waals surface area contributed by atoms with Crippen LogP contribution in [0.15, 0.2) is 30.6 Å². The predicted molar refractivity (Wildman–Crippen MR) is 83.3 cm³/mol. The number of nitrogens with one attached hydrogen (secondary N) is 1. The van der Waals surface area contributed by atoms with Crippen LogP contribution >= 0.6 is 0 Å². The third kappa shape index (κ3) is 2.80. The molecule has 1 unspecified atom stereocenters. The topological polar surface area (TPSA) is 50.9 Å². The van der Waals surface area contributed by atoms with E-state index in [1.54, 1.807) is 6.20 Å². The van der Waals surface area contributed by atoms with E-state index < -0.39 is 0 Å². The van der Waals surface area contributed by atoms with Crippen LogP contribution in [0.25, 0.3) is 10.8 Å². The van der Waals surface area contributed by atoms with Crippen molar-refractivity contribution in [2.24, 2.45) is 5.92 Å². The summed E-state index contributed by atoms with van der Waals surface area (Å²) in [5, 5.41) is 5.78. The van der Waals surface area contributed by atoms with Gasteiger partial charge in [0.25, 0.3) is 0 Å². The minimum atomic E-state index is 0.446. The van der Waals surface area contributed by atoms with Crippen LogP contribution in [0.3, 0.4) is 0 Å².